The van der Waals surface area contributed by atoms with Crippen LogP contribution in [-0.4, -0.2) is 96.3 Å². The lowest BCUT2D eigenvalue weighted by molar-refractivity contribution is -0.192. The number of carboxylic acids is 1. The molecular formula is C25H29F3N4O5S. The first-order chi connectivity index (χ1) is 18.1. The molecule has 2 atom stereocenters. The molecule has 3 saturated heterocycles. The number of aliphatic carboxylic acids is 1. The maximum Gasteiger partial charge on any atom is 0.490 e. The van der Waals surface area contributed by atoms with Crippen molar-refractivity contribution in [3.05, 3.63) is 46.8 Å². The number of halogens is 3. The third-order valence-corrected chi connectivity index (χ3v) is 8.00. The summed E-state index contributed by atoms with van der Waals surface area (Å²) in [6.07, 6.45) is -1.65. The fraction of sp³-hybridized carbons (Fsp3) is 0.520. The van der Waals surface area contributed by atoms with Gasteiger partial charge in [-0.2, -0.15) is 13.2 Å². The van der Waals surface area contributed by atoms with Crippen LogP contribution >= 0.6 is 11.3 Å². The Balaban J connectivity index is 0.000000426. The van der Waals surface area contributed by atoms with Crippen molar-refractivity contribution in [2.24, 2.45) is 11.3 Å². The summed E-state index contributed by atoms with van der Waals surface area (Å²) in [7, 11) is 0. The number of hydrogen-bond donors (Lipinski definition) is 1. The molecule has 5 heterocycles. The van der Waals surface area contributed by atoms with Crippen LogP contribution in [0.3, 0.4) is 0 Å². The van der Waals surface area contributed by atoms with Crippen LogP contribution in [0.15, 0.2) is 41.9 Å². The van der Waals surface area contributed by atoms with Gasteiger partial charge >= 0.3 is 12.1 Å². The first-order valence-corrected chi connectivity index (χ1v) is 13.2. The molecule has 0 saturated carbocycles. The number of pyridine rings is 1. The lowest BCUT2D eigenvalue weighted by Crippen LogP contribution is -2.53. The molecule has 0 aliphatic carbocycles. The van der Waals surface area contributed by atoms with Crippen LogP contribution in [0.1, 0.15) is 22.5 Å². The predicted molar refractivity (Wildman–Crippen MR) is 133 cm³/mol. The van der Waals surface area contributed by atoms with Crippen LogP contribution in [0, 0.1) is 11.3 Å². The number of alkyl halides is 3. The molecule has 206 valence electrons. The van der Waals surface area contributed by atoms with Crippen molar-refractivity contribution < 1.29 is 37.4 Å². The van der Waals surface area contributed by atoms with E-state index in [2.05, 4.69) is 9.88 Å². The highest BCUT2D eigenvalue weighted by Gasteiger charge is 2.55. The van der Waals surface area contributed by atoms with E-state index >= 15 is 0 Å². The van der Waals surface area contributed by atoms with Gasteiger partial charge in [0.05, 0.1) is 23.5 Å². The molecule has 5 rings (SSSR count). The largest absolute Gasteiger partial charge is 0.490 e. The number of carbonyl (C=O) groups excluding carboxylic acids is 2. The molecule has 3 fully saturated rings. The zero-order valence-corrected chi connectivity index (χ0v) is 21.4. The summed E-state index contributed by atoms with van der Waals surface area (Å²) in [5, 5.41) is 9.07. The molecule has 9 nitrogen and oxygen atoms in total. The molecule has 0 radical (unpaired) electrons. The number of thiophene rings is 1. The molecule has 3 aliphatic rings. The maximum atomic E-state index is 13.9. The number of aromatic nitrogens is 1. The topological polar surface area (TPSA) is 103 Å². The Morgan fingerprint density at radius 3 is 2.39 bits per heavy atom. The van der Waals surface area contributed by atoms with E-state index in [0.29, 0.717) is 45.9 Å². The van der Waals surface area contributed by atoms with Crippen molar-refractivity contribution in [2.75, 3.05) is 57.4 Å². The van der Waals surface area contributed by atoms with E-state index in [1.165, 1.54) is 11.3 Å². The zero-order chi connectivity index (χ0) is 27.3. The van der Waals surface area contributed by atoms with E-state index in [-0.39, 0.29) is 17.7 Å². The van der Waals surface area contributed by atoms with E-state index in [9.17, 15) is 22.8 Å². The maximum absolute atomic E-state index is 13.9. The van der Waals surface area contributed by atoms with Gasteiger partial charge in [0.25, 0.3) is 5.91 Å². The van der Waals surface area contributed by atoms with Gasteiger partial charge in [0, 0.05) is 51.4 Å². The molecule has 0 aromatic carbocycles. The van der Waals surface area contributed by atoms with Crippen molar-refractivity contribution in [1.29, 1.82) is 0 Å². The number of hydrogen-bond acceptors (Lipinski definition) is 7. The van der Waals surface area contributed by atoms with E-state index in [1.54, 1.807) is 6.20 Å². The first kappa shape index (κ1) is 27.8. The van der Waals surface area contributed by atoms with Crippen LogP contribution in [0.5, 0.6) is 0 Å². The van der Waals surface area contributed by atoms with Crippen LogP contribution in [0.4, 0.5) is 19.0 Å². The standard InChI is InChI=1S/C23H28N4O3S.C2HF3O2/c28-21(19-5-3-14-31-19)26-9-4-7-23(22(29)25-10-12-30-13-11-25)17-27(16-18(23)15-26)20-6-1-2-8-24-20;3-2(4,5)1(6)7/h1-3,5-6,8,14,18H,4,7,9-13,15-17H2;(H,6,7)/t18-,23-;/m0./s1. The number of ether oxygens (including phenoxy) is 1. The molecule has 2 aromatic rings. The van der Waals surface area contributed by atoms with Crippen molar-refractivity contribution in [2.45, 2.75) is 19.0 Å². The number of morpholine rings is 1. The van der Waals surface area contributed by atoms with Crippen molar-refractivity contribution in [3.63, 3.8) is 0 Å². The summed E-state index contributed by atoms with van der Waals surface area (Å²) in [5.74, 6) is -1.46. The highest BCUT2D eigenvalue weighted by molar-refractivity contribution is 7.12. The quantitative estimate of drug-likeness (QED) is 0.622. The third kappa shape index (κ3) is 6.09. The lowest BCUT2D eigenvalue weighted by Gasteiger charge is -2.38. The zero-order valence-electron chi connectivity index (χ0n) is 20.6. The second-order valence-electron chi connectivity index (χ2n) is 9.46. The molecule has 38 heavy (non-hydrogen) atoms. The van der Waals surface area contributed by atoms with Gasteiger partial charge < -0.3 is 24.5 Å². The lowest BCUT2D eigenvalue weighted by atomic mass is 9.73. The number of nitrogens with zero attached hydrogens (tertiary/aromatic N) is 4. The van der Waals surface area contributed by atoms with Gasteiger partial charge in [-0.3, -0.25) is 9.59 Å². The van der Waals surface area contributed by atoms with Gasteiger partial charge in [-0.05, 0) is 36.4 Å². The van der Waals surface area contributed by atoms with Crippen LogP contribution in [0.25, 0.3) is 0 Å². The number of carboxylic acid groups (broad SMARTS) is 1. The number of carbonyl (C=O) groups is 3. The van der Waals surface area contributed by atoms with E-state index in [0.717, 1.165) is 30.1 Å². The minimum absolute atomic E-state index is 0.0799. The summed E-state index contributed by atoms with van der Waals surface area (Å²) >= 11 is 1.48. The Bertz CT molecular complexity index is 1110. The number of amides is 2. The van der Waals surface area contributed by atoms with E-state index < -0.39 is 17.6 Å². The molecule has 2 aromatic heterocycles. The van der Waals surface area contributed by atoms with Gasteiger partial charge in [0.15, 0.2) is 0 Å². The molecule has 0 unspecified atom stereocenters. The third-order valence-electron chi connectivity index (χ3n) is 7.15. The SMILES string of the molecule is O=C(O)C(F)(F)F.O=C(c1cccs1)N1CCC[C@]2(C(=O)N3CCOCC3)CN(c3ccccn3)C[C@@H]2C1. The van der Waals surface area contributed by atoms with Crippen molar-refractivity contribution >= 4 is 34.9 Å². The van der Waals surface area contributed by atoms with Gasteiger partial charge in [0.2, 0.25) is 5.91 Å². The van der Waals surface area contributed by atoms with Crippen LogP contribution in [0.2, 0.25) is 0 Å². The normalized spacial score (nSPS) is 23.7. The fourth-order valence-corrected chi connectivity index (χ4v) is 6.01. The summed E-state index contributed by atoms with van der Waals surface area (Å²) in [6.45, 7) is 5.20. The number of rotatable bonds is 3. The number of likely N-dealkylation sites (tertiary alicyclic amines) is 1. The van der Waals surface area contributed by atoms with Crippen molar-refractivity contribution in [1.82, 2.24) is 14.8 Å². The first-order valence-electron chi connectivity index (χ1n) is 12.3. The van der Waals surface area contributed by atoms with E-state index in [1.807, 2.05) is 45.5 Å². The molecular weight excluding hydrogens is 525 g/mol. The van der Waals surface area contributed by atoms with Gasteiger partial charge in [-0.1, -0.05) is 12.1 Å². The average Bonchev–Trinajstić information content (AvgIpc) is 3.54. The Labute approximate surface area is 221 Å². The highest BCUT2D eigenvalue weighted by Crippen LogP contribution is 2.45. The molecule has 3 aliphatic heterocycles. The van der Waals surface area contributed by atoms with Crippen LogP contribution < -0.4 is 4.90 Å². The highest BCUT2D eigenvalue weighted by atomic mass is 32.1. The number of fused-ring (bicyclic) bond motifs is 1. The van der Waals surface area contributed by atoms with Crippen molar-refractivity contribution in [3.8, 4) is 0 Å². The summed E-state index contributed by atoms with van der Waals surface area (Å²) in [4.78, 5) is 47.4. The average molecular weight is 555 g/mol. The Hall–Kier alpha value is -3.19. The van der Waals surface area contributed by atoms with Gasteiger partial charge in [0.1, 0.15) is 5.82 Å². The second kappa shape index (κ2) is 11.7. The van der Waals surface area contributed by atoms with Crippen LogP contribution in [-0.2, 0) is 14.3 Å². The summed E-state index contributed by atoms with van der Waals surface area (Å²) in [5.41, 5.74) is -0.487. The van der Waals surface area contributed by atoms with Gasteiger partial charge in [-0.15, -0.1) is 11.3 Å². The smallest absolute Gasteiger partial charge is 0.475 e. The number of anilines is 1. The molecule has 0 bridgehead atoms. The fourth-order valence-electron chi connectivity index (χ4n) is 5.32. The minimum atomic E-state index is -5.08. The monoisotopic (exact) mass is 554 g/mol. The Kier molecular flexibility index (Phi) is 8.56. The molecule has 13 heteroatoms. The van der Waals surface area contributed by atoms with Gasteiger partial charge in [-0.25, -0.2) is 9.78 Å². The summed E-state index contributed by atoms with van der Waals surface area (Å²) in [6, 6.07) is 9.71. The molecule has 2 amide bonds. The minimum Gasteiger partial charge on any atom is -0.475 e. The summed E-state index contributed by atoms with van der Waals surface area (Å²) < 4.78 is 37.2. The molecule has 0 spiro atoms. The Morgan fingerprint density at radius 1 is 1.05 bits per heavy atom. The molecule has 1 N–H and O–H groups in total. The van der Waals surface area contributed by atoms with E-state index in [4.69, 9.17) is 14.6 Å². The second-order valence-corrected chi connectivity index (χ2v) is 10.4. The predicted octanol–water partition coefficient (Wildman–Crippen LogP) is 2.99. The Morgan fingerprint density at radius 2 is 1.79 bits per heavy atom.